The maximum absolute atomic E-state index is 12.4. The largest absolute Gasteiger partial charge is 0.329 e. The summed E-state index contributed by atoms with van der Waals surface area (Å²) in [4.78, 5) is 2.18. The van der Waals surface area contributed by atoms with Gasteiger partial charge < -0.3 is 5.73 Å². The summed E-state index contributed by atoms with van der Waals surface area (Å²) in [6.07, 6.45) is 4.46. The molecule has 0 amide bonds. The monoisotopic (exact) mass is 322 g/mol. The number of rotatable bonds is 8. The lowest BCUT2D eigenvalue weighted by atomic mass is 9.92. The van der Waals surface area contributed by atoms with Crippen molar-refractivity contribution in [3.63, 3.8) is 0 Å². The molecule has 1 rings (SSSR count). The molecule has 2 unspecified atom stereocenters. The summed E-state index contributed by atoms with van der Waals surface area (Å²) in [6.45, 7) is 7.41. The molecule has 1 fully saturated rings. The van der Waals surface area contributed by atoms with Crippen LogP contribution in [0.4, 0.5) is 0 Å². The molecule has 1 heterocycles. The van der Waals surface area contributed by atoms with E-state index in [0.717, 1.165) is 25.1 Å². The Morgan fingerprint density at radius 2 is 2.05 bits per heavy atom. The Labute approximate surface area is 128 Å². The zero-order valence-electron chi connectivity index (χ0n) is 13.1. The number of nitrogens with zero attached hydrogens (tertiary/aromatic N) is 1. The van der Waals surface area contributed by atoms with Gasteiger partial charge in [-0.1, -0.05) is 33.1 Å². The van der Waals surface area contributed by atoms with E-state index in [4.69, 9.17) is 5.73 Å². The van der Waals surface area contributed by atoms with Crippen LogP contribution >= 0.6 is 11.8 Å². The van der Waals surface area contributed by atoms with Crippen molar-refractivity contribution in [3.8, 4) is 0 Å². The van der Waals surface area contributed by atoms with Crippen LogP contribution in [0.15, 0.2) is 0 Å². The van der Waals surface area contributed by atoms with Crippen LogP contribution in [0.5, 0.6) is 0 Å². The zero-order chi connectivity index (χ0) is 15.2. The third-order valence-electron chi connectivity index (χ3n) is 4.35. The number of nitrogens with two attached hydrogens (primary N) is 1. The SMILES string of the molecule is CCCCCC(C)(CN)N1CCSCC1S(=O)(=O)CC. The van der Waals surface area contributed by atoms with E-state index < -0.39 is 9.84 Å². The second-order valence-electron chi connectivity index (χ2n) is 5.83. The van der Waals surface area contributed by atoms with Gasteiger partial charge in [0, 0.05) is 35.9 Å². The molecule has 1 aliphatic heterocycles. The number of hydrogen-bond acceptors (Lipinski definition) is 5. The van der Waals surface area contributed by atoms with Gasteiger partial charge in [-0.05, 0) is 13.3 Å². The van der Waals surface area contributed by atoms with Crippen molar-refractivity contribution in [2.75, 3.05) is 30.3 Å². The average Bonchev–Trinajstić information content (AvgIpc) is 2.47. The molecule has 0 spiro atoms. The van der Waals surface area contributed by atoms with E-state index in [9.17, 15) is 8.42 Å². The highest BCUT2D eigenvalue weighted by Gasteiger charge is 2.41. The lowest BCUT2D eigenvalue weighted by molar-refractivity contribution is 0.0941. The second kappa shape index (κ2) is 8.01. The fourth-order valence-electron chi connectivity index (χ4n) is 2.81. The molecule has 0 aromatic heterocycles. The van der Waals surface area contributed by atoms with Gasteiger partial charge in [-0.25, -0.2) is 8.42 Å². The van der Waals surface area contributed by atoms with Crippen molar-refractivity contribution in [2.24, 2.45) is 5.73 Å². The predicted octanol–water partition coefficient (Wildman–Crippen LogP) is 2.09. The lowest BCUT2D eigenvalue weighted by Gasteiger charge is -2.47. The summed E-state index contributed by atoms with van der Waals surface area (Å²) < 4.78 is 24.7. The van der Waals surface area contributed by atoms with Gasteiger partial charge in [0.15, 0.2) is 9.84 Å². The molecule has 0 aromatic carbocycles. The van der Waals surface area contributed by atoms with E-state index >= 15 is 0 Å². The number of hydrogen-bond donors (Lipinski definition) is 1. The molecular weight excluding hydrogens is 292 g/mol. The first-order chi connectivity index (χ1) is 9.41. The molecule has 0 aromatic rings. The number of sulfone groups is 1. The van der Waals surface area contributed by atoms with Crippen LogP contribution in [0.1, 0.15) is 46.5 Å². The van der Waals surface area contributed by atoms with Gasteiger partial charge in [0.2, 0.25) is 0 Å². The molecule has 0 bridgehead atoms. The molecule has 2 atom stereocenters. The third-order valence-corrected chi connectivity index (χ3v) is 7.64. The van der Waals surface area contributed by atoms with Gasteiger partial charge in [0.05, 0.1) is 0 Å². The number of thioether (sulfide) groups is 1. The standard InChI is InChI=1S/C14H30N2O2S2/c1-4-6-7-8-14(3,12-15)16-9-10-19-11-13(16)20(17,18)5-2/h13H,4-12,15H2,1-3H3. The Bertz CT molecular complexity index is 387. The Balaban J connectivity index is 2.91. The first kappa shape index (κ1) is 18.3. The minimum atomic E-state index is -3.04. The van der Waals surface area contributed by atoms with Crippen LogP contribution in [-0.2, 0) is 9.84 Å². The maximum Gasteiger partial charge on any atom is 0.166 e. The number of unbranched alkanes of at least 4 members (excludes halogenated alkanes) is 2. The van der Waals surface area contributed by atoms with Crippen molar-refractivity contribution < 1.29 is 8.42 Å². The van der Waals surface area contributed by atoms with Crippen molar-refractivity contribution >= 4 is 21.6 Å². The predicted molar refractivity (Wildman–Crippen MR) is 88.9 cm³/mol. The van der Waals surface area contributed by atoms with E-state index in [1.807, 2.05) is 0 Å². The van der Waals surface area contributed by atoms with E-state index in [1.165, 1.54) is 12.8 Å². The average molecular weight is 323 g/mol. The van der Waals surface area contributed by atoms with E-state index in [0.29, 0.717) is 12.3 Å². The Hall–Kier alpha value is 0.220. The normalized spacial score (nSPS) is 24.5. The highest BCUT2D eigenvalue weighted by molar-refractivity contribution is 8.01. The summed E-state index contributed by atoms with van der Waals surface area (Å²) in [7, 11) is -3.04. The third kappa shape index (κ3) is 4.36. The van der Waals surface area contributed by atoms with Crippen LogP contribution in [0.25, 0.3) is 0 Å². The molecule has 1 saturated heterocycles. The quantitative estimate of drug-likeness (QED) is 0.693. The van der Waals surface area contributed by atoms with Gasteiger partial charge in [0.1, 0.15) is 5.37 Å². The van der Waals surface area contributed by atoms with Crippen molar-refractivity contribution in [3.05, 3.63) is 0 Å². The highest BCUT2D eigenvalue weighted by Crippen LogP contribution is 2.31. The molecule has 0 saturated carbocycles. The van der Waals surface area contributed by atoms with Gasteiger partial charge in [-0.2, -0.15) is 11.8 Å². The Morgan fingerprint density at radius 1 is 1.35 bits per heavy atom. The fourth-order valence-corrected chi connectivity index (χ4v) is 5.93. The topological polar surface area (TPSA) is 63.4 Å². The van der Waals surface area contributed by atoms with E-state index in [1.54, 1.807) is 18.7 Å². The minimum Gasteiger partial charge on any atom is -0.329 e. The first-order valence-electron chi connectivity index (χ1n) is 7.67. The van der Waals surface area contributed by atoms with E-state index in [-0.39, 0.29) is 16.7 Å². The van der Waals surface area contributed by atoms with Crippen LogP contribution in [0.2, 0.25) is 0 Å². The maximum atomic E-state index is 12.4. The molecular formula is C14H30N2O2S2. The molecule has 120 valence electrons. The molecule has 6 heteroatoms. The van der Waals surface area contributed by atoms with Crippen LogP contribution in [0.3, 0.4) is 0 Å². The molecule has 20 heavy (non-hydrogen) atoms. The minimum absolute atomic E-state index is 0.191. The molecule has 1 aliphatic rings. The summed E-state index contributed by atoms with van der Waals surface area (Å²) >= 11 is 1.74. The summed E-state index contributed by atoms with van der Waals surface area (Å²) in [6, 6.07) is 0. The van der Waals surface area contributed by atoms with Crippen molar-refractivity contribution in [1.29, 1.82) is 0 Å². The van der Waals surface area contributed by atoms with Crippen LogP contribution in [0, 0.1) is 0 Å². The Morgan fingerprint density at radius 3 is 2.60 bits per heavy atom. The van der Waals surface area contributed by atoms with Crippen LogP contribution in [-0.4, -0.2) is 54.6 Å². The van der Waals surface area contributed by atoms with Crippen molar-refractivity contribution in [1.82, 2.24) is 4.90 Å². The second-order valence-corrected chi connectivity index (χ2v) is 9.43. The lowest BCUT2D eigenvalue weighted by Crippen LogP contribution is -2.61. The molecule has 0 radical (unpaired) electrons. The fraction of sp³-hybridized carbons (Fsp3) is 1.00. The van der Waals surface area contributed by atoms with Gasteiger partial charge >= 0.3 is 0 Å². The molecule has 2 N–H and O–H groups in total. The summed E-state index contributed by atoms with van der Waals surface area (Å²) in [5.41, 5.74) is 5.83. The molecule has 4 nitrogen and oxygen atoms in total. The highest BCUT2D eigenvalue weighted by atomic mass is 32.2. The zero-order valence-corrected chi connectivity index (χ0v) is 14.7. The summed E-state index contributed by atoms with van der Waals surface area (Å²) in [5.74, 6) is 1.89. The van der Waals surface area contributed by atoms with Crippen LogP contribution < -0.4 is 5.73 Å². The summed E-state index contributed by atoms with van der Waals surface area (Å²) in [5, 5.41) is -0.360. The van der Waals surface area contributed by atoms with Gasteiger partial charge in [0.25, 0.3) is 0 Å². The molecule has 0 aliphatic carbocycles. The van der Waals surface area contributed by atoms with E-state index in [2.05, 4.69) is 18.7 Å². The van der Waals surface area contributed by atoms with Crippen molar-refractivity contribution in [2.45, 2.75) is 57.4 Å². The van der Waals surface area contributed by atoms with Gasteiger partial charge in [-0.3, -0.25) is 4.90 Å². The Kier molecular flexibility index (Phi) is 7.32. The van der Waals surface area contributed by atoms with Gasteiger partial charge in [-0.15, -0.1) is 0 Å². The first-order valence-corrected chi connectivity index (χ1v) is 10.5. The smallest absolute Gasteiger partial charge is 0.166 e.